The van der Waals surface area contributed by atoms with Crippen LogP contribution < -0.4 is 0 Å². The number of H-pyrrole nitrogens is 2. The summed E-state index contributed by atoms with van der Waals surface area (Å²) in [5, 5.41) is 22.0. The Morgan fingerprint density at radius 3 is 1.82 bits per heavy atom. The molecule has 5 aromatic rings. The largest absolute Gasteiger partial charge is 0.508 e. The molecule has 0 amide bonds. The highest BCUT2D eigenvalue weighted by atomic mass is 79.9. The van der Waals surface area contributed by atoms with Crippen LogP contribution in [0.3, 0.4) is 0 Å². The third kappa shape index (κ3) is 2.75. The van der Waals surface area contributed by atoms with Crippen molar-refractivity contribution in [3.05, 3.63) is 94.2 Å². The zero-order valence-electron chi connectivity index (χ0n) is 14.8. The molecule has 2 aromatic heterocycles. The van der Waals surface area contributed by atoms with E-state index < -0.39 is 0 Å². The van der Waals surface area contributed by atoms with E-state index in [2.05, 4.69) is 38.0 Å². The Morgan fingerprint density at radius 2 is 1.29 bits per heavy atom. The van der Waals surface area contributed by atoms with Crippen LogP contribution in [0.4, 0.5) is 0 Å². The van der Waals surface area contributed by atoms with E-state index in [1.807, 2.05) is 36.7 Å². The van der Waals surface area contributed by atoms with E-state index in [4.69, 9.17) is 0 Å². The molecule has 0 atom stereocenters. The molecule has 4 N–H and O–H groups in total. The van der Waals surface area contributed by atoms with Crippen molar-refractivity contribution < 1.29 is 10.2 Å². The Kier molecular flexibility index (Phi) is 3.91. The van der Waals surface area contributed by atoms with Gasteiger partial charge in [-0.3, -0.25) is 0 Å². The molecular formula is C23H17BrN2O2. The van der Waals surface area contributed by atoms with E-state index in [1.165, 1.54) is 0 Å². The van der Waals surface area contributed by atoms with E-state index in [0.717, 1.165) is 43.0 Å². The summed E-state index contributed by atoms with van der Waals surface area (Å²) in [6, 6.07) is 18.9. The van der Waals surface area contributed by atoms with E-state index in [1.54, 1.807) is 24.3 Å². The molecule has 0 aliphatic rings. The molecule has 0 bridgehead atoms. The summed E-state index contributed by atoms with van der Waals surface area (Å²) in [6.07, 6.45) is 3.99. The minimum absolute atomic E-state index is 0.0800. The Labute approximate surface area is 169 Å². The summed E-state index contributed by atoms with van der Waals surface area (Å²) in [6.45, 7) is 0. The van der Waals surface area contributed by atoms with Gasteiger partial charge in [-0.2, -0.15) is 0 Å². The van der Waals surface area contributed by atoms with Gasteiger partial charge in [0.1, 0.15) is 11.5 Å². The van der Waals surface area contributed by atoms with Gasteiger partial charge in [0, 0.05) is 44.6 Å². The third-order valence-corrected chi connectivity index (χ3v) is 5.69. The van der Waals surface area contributed by atoms with Crippen LogP contribution in [-0.4, -0.2) is 20.2 Å². The molecule has 138 valence electrons. The lowest BCUT2D eigenvalue weighted by Crippen LogP contribution is -2.02. The molecule has 2 heterocycles. The van der Waals surface area contributed by atoms with Crippen LogP contribution in [0.2, 0.25) is 0 Å². The fourth-order valence-corrected chi connectivity index (χ4v) is 4.37. The molecule has 4 nitrogen and oxygen atoms in total. The first-order valence-electron chi connectivity index (χ1n) is 8.95. The van der Waals surface area contributed by atoms with Crippen LogP contribution in [0.25, 0.3) is 21.8 Å². The molecule has 0 spiro atoms. The Balaban J connectivity index is 1.82. The quantitative estimate of drug-likeness (QED) is 0.282. The zero-order chi connectivity index (χ0) is 19.3. The first-order chi connectivity index (χ1) is 13.6. The maximum Gasteiger partial charge on any atom is 0.116 e. The Hall–Kier alpha value is -3.18. The van der Waals surface area contributed by atoms with Crippen molar-refractivity contribution in [2.45, 2.75) is 5.92 Å². The van der Waals surface area contributed by atoms with Crippen LogP contribution >= 0.6 is 15.9 Å². The fraction of sp³-hybridized carbons (Fsp3) is 0.0435. The standard InChI is InChI=1S/C23H17BrN2O2/c24-14-3-1-2-13(8-14)23(19-11-25-21-6-4-15(27)9-17(19)21)20-12-26-22-7-5-16(28)10-18(20)22/h1-12,23,25-28H. The predicted molar refractivity (Wildman–Crippen MR) is 115 cm³/mol. The van der Waals surface area contributed by atoms with Crippen LogP contribution in [0, 0.1) is 0 Å². The summed E-state index contributed by atoms with van der Waals surface area (Å²) in [4.78, 5) is 6.64. The fourth-order valence-electron chi connectivity index (χ4n) is 3.95. The van der Waals surface area contributed by atoms with Crippen molar-refractivity contribution in [1.82, 2.24) is 9.97 Å². The molecule has 0 aliphatic heterocycles. The Morgan fingerprint density at radius 1 is 0.714 bits per heavy atom. The number of hydrogen-bond acceptors (Lipinski definition) is 2. The number of hydrogen-bond donors (Lipinski definition) is 4. The second-order valence-electron chi connectivity index (χ2n) is 6.94. The minimum Gasteiger partial charge on any atom is -0.508 e. The van der Waals surface area contributed by atoms with Gasteiger partial charge in [0.25, 0.3) is 0 Å². The molecule has 28 heavy (non-hydrogen) atoms. The molecule has 0 aliphatic carbocycles. The van der Waals surface area contributed by atoms with Gasteiger partial charge in [-0.25, -0.2) is 0 Å². The normalized spacial score (nSPS) is 11.6. The molecule has 3 aromatic carbocycles. The SMILES string of the molecule is Oc1ccc2[nH]cc(C(c3cccc(Br)c3)c3c[nH]c4ccc(O)cc34)c2c1. The number of rotatable bonds is 3. The summed E-state index contributed by atoms with van der Waals surface area (Å²) in [5.74, 6) is 0.388. The van der Waals surface area contributed by atoms with Crippen molar-refractivity contribution in [3.63, 3.8) is 0 Å². The highest BCUT2D eigenvalue weighted by Gasteiger charge is 2.23. The van der Waals surface area contributed by atoms with Crippen LogP contribution in [0.1, 0.15) is 22.6 Å². The average molecular weight is 433 g/mol. The topological polar surface area (TPSA) is 72.0 Å². The average Bonchev–Trinajstić information content (AvgIpc) is 3.27. The van der Waals surface area contributed by atoms with Crippen molar-refractivity contribution in [2.24, 2.45) is 0 Å². The van der Waals surface area contributed by atoms with Crippen molar-refractivity contribution in [1.29, 1.82) is 0 Å². The summed E-state index contributed by atoms with van der Waals surface area (Å²) < 4.78 is 1.00. The number of fused-ring (bicyclic) bond motifs is 2. The van der Waals surface area contributed by atoms with E-state index in [0.29, 0.717) is 0 Å². The van der Waals surface area contributed by atoms with E-state index in [9.17, 15) is 10.2 Å². The number of nitrogens with one attached hydrogen (secondary N) is 2. The molecule has 0 fully saturated rings. The summed E-state index contributed by atoms with van der Waals surface area (Å²) in [5.41, 5.74) is 5.18. The number of aromatic hydroxyl groups is 2. The van der Waals surface area contributed by atoms with Crippen molar-refractivity contribution >= 4 is 37.7 Å². The first kappa shape index (κ1) is 17.0. The number of aromatic nitrogens is 2. The van der Waals surface area contributed by atoms with Crippen LogP contribution in [-0.2, 0) is 0 Å². The minimum atomic E-state index is -0.0800. The lowest BCUT2D eigenvalue weighted by molar-refractivity contribution is 0.475. The smallest absolute Gasteiger partial charge is 0.116 e. The lowest BCUT2D eigenvalue weighted by Gasteiger charge is -2.18. The molecule has 5 rings (SSSR count). The molecule has 5 heteroatoms. The van der Waals surface area contributed by atoms with Crippen LogP contribution in [0.15, 0.2) is 77.5 Å². The van der Waals surface area contributed by atoms with E-state index >= 15 is 0 Å². The molecule has 0 saturated carbocycles. The maximum atomic E-state index is 10.0. The third-order valence-electron chi connectivity index (χ3n) is 5.20. The highest BCUT2D eigenvalue weighted by molar-refractivity contribution is 9.10. The maximum absolute atomic E-state index is 10.0. The summed E-state index contributed by atoms with van der Waals surface area (Å²) >= 11 is 3.58. The van der Waals surface area contributed by atoms with Gasteiger partial charge in [-0.15, -0.1) is 0 Å². The second kappa shape index (κ2) is 6.46. The number of benzene rings is 3. The van der Waals surface area contributed by atoms with Crippen molar-refractivity contribution in [3.8, 4) is 11.5 Å². The van der Waals surface area contributed by atoms with Gasteiger partial charge < -0.3 is 20.2 Å². The summed E-state index contributed by atoms with van der Waals surface area (Å²) in [7, 11) is 0. The molecule has 0 saturated heterocycles. The number of phenolic OH excluding ortho intramolecular Hbond substituents is 2. The number of aromatic amines is 2. The predicted octanol–water partition coefficient (Wildman–Crippen LogP) is 6.00. The van der Waals surface area contributed by atoms with Crippen LogP contribution in [0.5, 0.6) is 11.5 Å². The van der Waals surface area contributed by atoms with Gasteiger partial charge in [0.05, 0.1) is 0 Å². The van der Waals surface area contributed by atoms with Gasteiger partial charge >= 0.3 is 0 Å². The highest BCUT2D eigenvalue weighted by Crippen LogP contribution is 2.41. The molecular weight excluding hydrogens is 416 g/mol. The van der Waals surface area contributed by atoms with Gasteiger partial charge in [-0.1, -0.05) is 28.1 Å². The number of phenols is 2. The Bertz CT molecular complexity index is 1240. The van der Waals surface area contributed by atoms with Gasteiger partial charge in [0.2, 0.25) is 0 Å². The van der Waals surface area contributed by atoms with Gasteiger partial charge in [0.15, 0.2) is 0 Å². The number of halogens is 1. The molecule has 0 radical (unpaired) electrons. The lowest BCUT2D eigenvalue weighted by atomic mass is 9.85. The second-order valence-corrected chi connectivity index (χ2v) is 7.85. The first-order valence-corrected chi connectivity index (χ1v) is 9.75. The molecule has 0 unspecified atom stereocenters. The zero-order valence-corrected chi connectivity index (χ0v) is 16.4. The van der Waals surface area contributed by atoms with Gasteiger partial charge in [-0.05, 0) is 65.2 Å². The monoisotopic (exact) mass is 432 g/mol. The van der Waals surface area contributed by atoms with Crippen molar-refractivity contribution in [2.75, 3.05) is 0 Å². The van der Waals surface area contributed by atoms with E-state index in [-0.39, 0.29) is 17.4 Å².